The lowest BCUT2D eigenvalue weighted by atomic mass is 10.1. The normalized spacial score (nSPS) is 10.1. The Morgan fingerprint density at radius 2 is 1.82 bits per heavy atom. The Labute approximate surface area is 125 Å². The molecule has 0 aromatic heterocycles. The minimum Gasteiger partial charge on any atom is -0.457 e. The summed E-state index contributed by atoms with van der Waals surface area (Å²) >= 11 is 0. The van der Waals surface area contributed by atoms with Crippen LogP contribution in [0.1, 0.15) is 21.5 Å². The molecule has 0 saturated heterocycles. The van der Waals surface area contributed by atoms with Crippen LogP contribution in [0.4, 0.5) is 8.78 Å². The van der Waals surface area contributed by atoms with Crippen LogP contribution in [-0.2, 0) is 11.3 Å². The molecule has 0 spiro atoms. The van der Waals surface area contributed by atoms with E-state index in [0.29, 0.717) is 11.1 Å². The van der Waals surface area contributed by atoms with Crippen LogP contribution in [0.2, 0.25) is 0 Å². The van der Waals surface area contributed by atoms with Gasteiger partial charge in [-0.05, 0) is 30.3 Å². The molecule has 0 unspecified atom stereocenters. The van der Waals surface area contributed by atoms with Gasteiger partial charge in [-0.15, -0.1) is 0 Å². The standard InChI is InChI=1S/C16H11F2NO3/c17-16(18)22-14-7-5-11(6-8-14)15(20)21-10-13-4-2-1-3-12(13)9-19/h1-8,16H,10H2. The van der Waals surface area contributed by atoms with Crippen LogP contribution < -0.4 is 4.74 Å². The van der Waals surface area contributed by atoms with E-state index in [1.807, 2.05) is 6.07 Å². The molecule has 2 aromatic rings. The third-order valence-corrected chi connectivity index (χ3v) is 2.81. The van der Waals surface area contributed by atoms with Gasteiger partial charge in [0.25, 0.3) is 0 Å². The molecule has 0 atom stereocenters. The first-order chi connectivity index (χ1) is 10.6. The van der Waals surface area contributed by atoms with Crippen LogP contribution in [0.5, 0.6) is 5.75 Å². The number of benzene rings is 2. The first-order valence-electron chi connectivity index (χ1n) is 6.30. The Kier molecular flexibility index (Phi) is 5.04. The first-order valence-corrected chi connectivity index (χ1v) is 6.30. The highest BCUT2D eigenvalue weighted by Crippen LogP contribution is 2.16. The van der Waals surface area contributed by atoms with E-state index in [-0.39, 0.29) is 17.9 Å². The summed E-state index contributed by atoms with van der Waals surface area (Å²) in [4.78, 5) is 11.9. The Balaban J connectivity index is 1.99. The second-order valence-electron chi connectivity index (χ2n) is 4.25. The number of rotatable bonds is 5. The fraction of sp³-hybridized carbons (Fsp3) is 0.125. The number of esters is 1. The third-order valence-electron chi connectivity index (χ3n) is 2.81. The molecule has 0 aliphatic carbocycles. The van der Waals surface area contributed by atoms with Crippen LogP contribution in [0.25, 0.3) is 0 Å². The molecule has 0 fully saturated rings. The Bertz CT molecular complexity index is 693. The summed E-state index contributed by atoms with van der Waals surface area (Å²) in [6.07, 6.45) is 0. The van der Waals surface area contributed by atoms with Crippen LogP contribution >= 0.6 is 0 Å². The number of carbonyl (C=O) groups is 1. The van der Waals surface area contributed by atoms with Crippen molar-refractivity contribution in [3.63, 3.8) is 0 Å². The summed E-state index contributed by atoms with van der Waals surface area (Å²) in [7, 11) is 0. The lowest BCUT2D eigenvalue weighted by Crippen LogP contribution is -2.07. The summed E-state index contributed by atoms with van der Waals surface area (Å²) < 4.78 is 33.3. The lowest BCUT2D eigenvalue weighted by Gasteiger charge is -2.07. The molecule has 0 aliphatic rings. The van der Waals surface area contributed by atoms with Crippen molar-refractivity contribution < 1.29 is 23.0 Å². The highest BCUT2D eigenvalue weighted by molar-refractivity contribution is 5.89. The molecule has 0 N–H and O–H groups in total. The van der Waals surface area contributed by atoms with Gasteiger partial charge >= 0.3 is 12.6 Å². The molecule has 0 amide bonds. The van der Waals surface area contributed by atoms with Gasteiger partial charge in [-0.3, -0.25) is 0 Å². The third kappa shape index (κ3) is 4.03. The Hall–Kier alpha value is -2.94. The van der Waals surface area contributed by atoms with E-state index in [9.17, 15) is 13.6 Å². The minimum absolute atomic E-state index is 0.0404. The zero-order valence-corrected chi connectivity index (χ0v) is 11.3. The number of carbonyl (C=O) groups excluding carboxylic acids is 1. The van der Waals surface area contributed by atoms with E-state index >= 15 is 0 Å². The molecule has 0 radical (unpaired) electrons. The van der Waals surface area contributed by atoms with Crippen LogP contribution in [0, 0.1) is 11.3 Å². The highest BCUT2D eigenvalue weighted by Gasteiger charge is 2.10. The van der Waals surface area contributed by atoms with Crippen molar-refractivity contribution in [2.75, 3.05) is 0 Å². The van der Waals surface area contributed by atoms with Crippen LogP contribution in [0.15, 0.2) is 48.5 Å². The maximum atomic E-state index is 12.0. The van der Waals surface area contributed by atoms with Crippen molar-refractivity contribution in [2.45, 2.75) is 13.2 Å². The minimum atomic E-state index is -2.92. The van der Waals surface area contributed by atoms with E-state index in [1.54, 1.807) is 24.3 Å². The molecular formula is C16H11F2NO3. The number of hydrogen-bond donors (Lipinski definition) is 0. The number of nitrogens with zero attached hydrogens (tertiary/aromatic N) is 1. The van der Waals surface area contributed by atoms with Crippen molar-refractivity contribution in [1.82, 2.24) is 0 Å². The molecular weight excluding hydrogens is 292 g/mol. The van der Waals surface area contributed by atoms with E-state index in [0.717, 1.165) is 0 Å². The van der Waals surface area contributed by atoms with Crippen molar-refractivity contribution in [2.24, 2.45) is 0 Å². The van der Waals surface area contributed by atoms with Gasteiger partial charge in [-0.2, -0.15) is 14.0 Å². The number of halogens is 2. The number of alkyl halides is 2. The molecule has 22 heavy (non-hydrogen) atoms. The zero-order chi connectivity index (χ0) is 15.9. The Morgan fingerprint density at radius 1 is 1.14 bits per heavy atom. The maximum absolute atomic E-state index is 12.0. The lowest BCUT2D eigenvalue weighted by molar-refractivity contribution is -0.0498. The summed E-state index contributed by atoms with van der Waals surface area (Å²) in [6.45, 7) is -2.96. The predicted molar refractivity (Wildman–Crippen MR) is 73.4 cm³/mol. The van der Waals surface area contributed by atoms with Gasteiger partial charge in [0.05, 0.1) is 17.2 Å². The van der Waals surface area contributed by atoms with E-state index in [4.69, 9.17) is 10.00 Å². The molecule has 112 valence electrons. The van der Waals surface area contributed by atoms with Gasteiger partial charge in [0.2, 0.25) is 0 Å². The van der Waals surface area contributed by atoms with Gasteiger partial charge in [0, 0.05) is 5.56 Å². The average Bonchev–Trinajstić information content (AvgIpc) is 2.53. The van der Waals surface area contributed by atoms with Crippen molar-refractivity contribution in [3.8, 4) is 11.8 Å². The molecule has 0 bridgehead atoms. The Morgan fingerprint density at radius 3 is 2.45 bits per heavy atom. The van der Waals surface area contributed by atoms with Crippen LogP contribution in [-0.4, -0.2) is 12.6 Å². The monoisotopic (exact) mass is 303 g/mol. The van der Waals surface area contributed by atoms with E-state index < -0.39 is 12.6 Å². The fourth-order valence-electron chi connectivity index (χ4n) is 1.75. The van der Waals surface area contributed by atoms with E-state index in [1.165, 1.54) is 24.3 Å². The topological polar surface area (TPSA) is 59.3 Å². The molecule has 0 aliphatic heterocycles. The molecule has 0 heterocycles. The van der Waals surface area contributed by atoms with Gasteiger partial charge in [-0.25, -0.2) is 4.79 Å². The summed E-state index contributed by atoms with van der Waals surface area (Å²) in [5, 5.41) is 8.94. The first kappa shape index (κ1) is 15.4. The second-order valence-corrected chi connectivity index (χ2v) is 4.25. The molecule has 6 heteroatoms. The molecule has 2 aromatic carbocycles. The molecule has 2 rings (SSSR count). The number of nitriles is 1. The zero-order valence-electron chi connectivity index (χ0n) is 11.3. The summed E-state index contributed by atoms with van der Waals surface area (Å²) in [6, 6.07) is 13.9. The van der Waals surface area contributed by atoms with Gasteiger partial charge < -0.3 is 9.47 Å². The summed E-state index contributed by atoms with van der Waals surface area (Å²) in [5.74, 6) is -0.655. The van der Waals surface area contributed by atoms with Crippen molar-refractivity contribution in [3.05, 3.63) is 65.2 Å². The van der Waals surface area contributed by atoms with Crippen molar-refractivity contribution in [1.29, 1.82) is 5.26 Å². The molecule has 0 saturated carbocycles. The van der Waals surface area contributed by atoms with E-state index in [2.05, 4.69) is 4.74 Å². The molecule has 4 nitrogen and oxygen atoms in total. The fourth-order valence-corrected chi connectivity index (χ4v) is 1.75. The second kappa shape index (κ2) is 7.18. The average molecular weight is 303 g/mol. The SMILES string of the molecule is N#Cc1ccccc1COC(=O)c1ccc(OC(F)F)cc1. The predicted octanol–water partition coefficient (Wildman–Crippen LogP) is 3.52. The smallest absolute Gasteiger partial charge is 0.387 e. The quantitative estimate of drug-likeness (QED) is 0.793. The van der Waals surface area contributed by atoms with Gasteiger partial charge in [-0.1, -0.05) is 18.2 Å². The number of hydrogen-bond acceptors (Lipinski definition) is 4. The summed E-state index contributed by atoms with van der Waals surface area (Å²) in [5.41, 5.74) is 1.23. The number of ether oxygens (including phenoxy) is 2. The van der Waals surface area contributed by atoms with Crippen LogP contribution in [0.3, 0.4) is 0 Å². The van der Waals surface area contributed by atoms with Gasteiger partial charge in [0.15, 0.2) is 0 Å². The van der Waals surface area contributed by atoms with Crippen molar-refractivity contribution >= 4 is 5.97 Å². The maximum Gasteiger partial charge on any atom is 0.387 e. The van der Waals surface area contributed by atoms with Gasteiger partial charge in [0.1, 0.15) is 12.4 Å². The largest absolute Gasteiger partial charge is 0.457 e. The highest BCUT2D eigenvalue weighted by atomic mass is 19.3.